The van der Waals surface area contributed by atoms with Gasteiger partial charge < -0.3 is 9.53 Å². The molecular weight excluding hydrogens is 228 g/mol. The monoisotopic (exact) mass is 242 g/mol. The molecule has 3 nitrogen and oxygen atoms in total. The van der Waals surface area contributed by atoms with Crippen molar-refractivity contribution in [2.45, 2.75) is 20.3 Å². The summed E-state index contributed by atoms with van der Waals surface area (Å²) in [7, 11) is 0. The first-order valence-corrected chi connectivity index (χ1v) is 5.29. The average molecular weight is 243 g/mol. The fourth-order valence-corrected chi connectivity index (χ4v) is 1.05. The van der Waals surface area contributed by atoms with Gasteiger partial charge in [-0.25, -0.2) is 0 Å². The fraction of sp³-hybridized carbons (Fsp3) is 0.333. The van der Waals surface area contributed by atoms with E-state index in [2.05, 4.69) is 4.74 Å². The summed E-state index contributed by atoms with van der Waals surface area (Å²) in [4.78, 5) is 19.8. The molecule has 0 atom stereocenters. The molecule has 0 aliphatic heterocycles. The predicted molar refractivity (Wildman–Crippen MR) is 63.5 cm³/mol. The van der Waals surface area contributed by atoms with E-state index in [4.69, 9.17) is 11.6 Å². The summed E-state index contributed by atoms with van der Waals surface area (Å²) in [5.41, 5.74) is 0.999. The van der Waals surface area contributed by atoms with Crippen molar-refractivity contribution in [1.29, 1.82) is 0 Å². The first-order chi connectivity index (χ1) is 7.60. The van der Waals surface area contributed by atoms with Gasteiger partial charge in [0.2, 0.25) is 0 Å². The van der Waals surface area contributed by atoms with Gasteiger partial charge in [-0.15, -0.1) is 0 Å². The molecule has 0 fully saturated rings. The van der Waals surface area contributed by atoms with E-state index in [1.165, 1.54) is 6.92 Å². The maximum absolute atomic E-state index is 10.0. The Balaban J connectivity index is 0.000000325. The van der Waals surface area contributed by atoms with Gasteiger partial charge >= 0.3 is 5.97 Å². The molecular formula is C12H15ClO3. The summed E-state index contributed by atoms with van der Waals surface area (Å²) in [5, 5.41) is 0.703. The van der Waals surface area contributed by atoms with E-state index in [9.17, 15) is 9.59 Å². The summed E-state index contributed by atoms with van der Waals surface area (Å²) in [6, 6.07) is 7.24. The van der Waals surface area contributed by atoms with Crippen molar-refractivity contribution >= 4 is 23.9 Å². The van der Waals surface area contributed by atoms with Crippen LogP contribution in [0.1, 0.15) is 19.4 Å². The molecule has 88 valence electrons. The number of hydrogen-bond acceptors (Lipinski definition) is 3. The molecule has 0 N–H and O–H groups in total. The number of carbonyl (C=O) groups is 2. The van der Waals surface area contributed by atoms with E-state index in [-0.39, 0.29) is 5.97 Å². The van der Waals surface area contributed by atoms with Gasteiger partial charge in [-0.05, 0) is 24.6 Å². The Bertz CT molecular complexity index is 320. The van der Waals surface area contributed by atoms with Crippen LogP contribution in [-0.2, 0) is 20.7 Å². The highest BCUT2D eigenvalue weighted by atomic mass is 35.5. The van der Waals surface area contributed by atoms with Crippen molar-refractivity contribution < 1.29 is 14.3 Å². The number of esters is 1. The minimum absolute atomic E-state index is 0.211. The molecule has 0 aliphatic rings. The number of benzene rings is 1. The zero-order chi connectivity index (χ0) is 12.4. The third-order valence-corrected chi connectivity index (χ3v) is 1.83. The van der Waals surface area contributed by atoms with Crippen molar-refractivity contribution in [3.8, 4) is 0 Å². The van der Waals surface area contributed by atoms with Gasteiger partial charge in [-0.3, -0.25) is 4.79 Å². The van der Waals surface area contributed by atoms with Crippen LogP contribution in [-0.4, -0.2) is 18.9 Å². The van der Waals surface area contributed by atoms with E-state index in [0.717, 1.165) is 11.8 Å². The summed E-state index contributed by atoms with van der Waals surface area (Å²) in [5.74, 6) is -0.211. The molecule has 1 aromatic rings. The molecule has 0 saturated carbocycles. The predicted octanol–water partition coefficient (Wildman–Crippen LogP) is 2.65. The highest BCUT2D eigenvalue weighted by molar-refractivity contribution is 6.30. The maximum Gasteiger partial charge on any atom is 0.302 e. The molecule has 0 aliphatic carbocycles. The van der Waals surface area contributed by atoms with Crippen LogP contribution in [0.2, 0.25) is 5.02 Å². The van der Waals surface area contributed by atoms with Gasteiger partial charge in [-0.2, -0.15) is 0 Å². The maximum atomic E-state index is 10.0. The van der Waals surface area contributed by atoms with E-state index in [1.54, 1.807) is 19.1 Å². The SMILES string of the molecule is CCOC(C)=O.O=CCc1ccc(Cl)cc1. The fourth-order valence-electron chi connectivity index (χ4n) is 0.920. The highest BCUT2D eigenvalue weighted by Crippen LogP contribution is 2.08. The first kappa shape index (κ1) is 14.6. The first-order valence-electron chi connectivity index (χ1n) is 4.91. The summed E-state index contributed by atoms with van der Waals surface area (Å²) in [6.45, 7) is 3.65. The van der Waals surface area contributed by atoms with Crippen molar-refractivity contribution in [2.75, 3.05) is 6.61 Å². The lowest BCUT2D eigenvalue weighted by Crippen LogP contribution is -1.95. The van der Waals surface area contributed by atoms with Crippen LogP contribution in [0.25, 0.3) is 0 Å². The van der Waals surface area contributed by atoms with E-state index >= 15 is 0 Å². The Morgan fingerprint density at radius 2 is 1.94 bits per heavy atom. The Morgan fingerprint density at radius 3 is 2.25 bits per heavy atom. The van der Waals surface area contributed by atoms with Crippen LogP contribution in [0.4, 0.5) is 0 Å². The van der Waals surface area contributed by atoms with Crippen LogP contribution >= 0.6 is 11.6 Å². The lowest BCUT2D eigenvalue weighted by atomic mass is 10.2. The van der Waals surface area contributed by atoms with Crippen molar-refractivity contribution in [3.05, 3.63) is 34.9 Å². The second-order valence-electron chi connectivity index (χ2n) is 2.92. The third kappa shape index (κ3) is 8.00. The molecule has 0 radical (unpaired) electrons. The van der Waals surface area contributed by atoms with Gasteiger partial charge in [0, 0.05) is 18.4 Å². The number of rotatable bonds is 3. The molecule has 0 aromatic heterocycles. The van der Waals surface area contributed by atoms with Crippen molar-refractivity contribution in [3.63, 3.8) is 0 Å². The minimum atomic E-state index is -0.211. The number of hydrogen-bond donors (Lipinski definition) is 0. The van der Waals surface area contributed by atoms with E-state index in [1.807, 2.05) is 12.1 Å². The molecule has 1 aromatic carbocycles. The summed E-state index contributed by atoms with van der Waals surface area (Å²) < 4.78 is 4.40. The molecule has 0 spiro atoms. The number of ether oxygens (including phenoxy) is 1. The van der Waals surface area contributed by atoms with Crippen molar-refractivity contribution in [2.24, 2.45) is 0 Å². The molecule has 0 saturated heterocycles. The molecule has 0 unspecified atom stereocenters. The Morgan fingerprint density at radius 1 is 1.38 bits per heavy atom. The van der Waals surface area contributed by atoms with Crippen molar-refractivity contribution in [1.82, 2.24) is 0 Å². The summed E-state index contributed by atoms with van der Waals surface area (Å²) in [6.07, 6.45) is 1.35. The molecule has 1 rings (SSSR count). The lowest BCUT2D eigenvalue weighted by Gasteiger charge is -1.92. The minimum Gasteiger partial charge on any atom is -0.466 e. The molecule has 16 heavy (non-hydrogen) atoms. The molecule has 0 heterocycles. The topological polar surface area (TPSA) is 43.4 Å². The zero-order valence-electron chi connectivity index (χ0n) is 9.40. The summed E-state index contributed by atoms with van der Waals surface area (Å²) >= 11 is 5.62. The quantitative estimate of drug-likeness (QED) is 0.605. The normalized spacial score (nSPS) is 8.69. The van der Waals surface area contributed by atoms with E-state index in [0.29, 0.717) is 18.1 Å². The Hall–Kier alpha value is -1.35. The second kappa shape index (κ2) is 8.92. The van der Waals surface area contributed by atoms with Gasteiger partial charge in [0.15, 0.2) is 0 Å². The smallest absolute Gasteiger partial charge is 0.302 e. The second-order valence-corrected chi connectivity index (χ2v) is 3.36. The standard InChI is InChI=1S/C8H7ClO.C4H8O2/c9-8-3-1-7(2-4-8)5-6-10;1-3-6-4(2)5/h1-4,6H,5H2;3H2,1-2H3. The van der Waals surface area contributed by atoms with Gasteiger partial charge in [0.05, 0.1) is 6.61 Å². The number of carbonyl (C=O) groups excluding carboxylic acids is 2. The number of halogens is 1. The lowest BCUT2D eigenvalue weighted by molar-refractivity contribution is -0.140. The van der Waals surface area contributed by atoms with Crippen LogP contribution in [0.15, 0.2) is 24.3 Å². The van der Waals surface area contributed by atoms with Gasteiger partial charge in [0.1, 0.15) is 6.29 Å². The molecule has 4 heteroatoms. The van der Waals surface area contributed by atoms with Gasteiger partial charge in [-0.1, -0.05) is 23.7 Å². The highest BCUT2D eigenvalue weighted by Gasteiger charge is 1.89. The Kier molecular flexibility index (Phi) is 8.17. The zero-order valence-corrected chi connectivity index (χ0v) is 10.2. The van der Waals surface area contributed by atoms with Crippen LogP contribution < -0.4 is 0 Å². The van der Waals surface area contributed by atoms with Crippen LogP contribution in [0.3, 0.4) is 0 Å². The molecule has 0 amide bonds. The third-order valence-electron chi connectivity index (χ3n) is 1.58. The van der Waals surface area contributed by atoms with E-state index < -0.39 is 0 Å². The molecule has 0 bridgehead atoms. The Labute approximate surface area is 100 Å². The van der Waals surface area contributed by atoms with Crippen LogP contribution in [0, 0.1) is 0 Å². The number of aldehydes is 1. The van der Waals surface area contributed by atoms with Crippen LogP contribution in [0.5, 0.6) is 0 Å². The van der Waals surface area contributed by atoms with Gasteiger partial charge in [0.25, 0.3) is 0 Å². The largest absolute Gasteiger partial charge is 0.466 e. The average Bonchev–Trinajstić information content (AvgIpc) is 2.22.